The van der Waals surface area contributed by atoms with E-state index >= 15 is 0 Å². The number of piperidine rings is 1. The second kappa shape index (κ2) is 6.23. The Kier molecular flexibility index (Phi) is 4.15. The van der Waals surface area contributed by atoms with E-state index < -0.39 is 0 Å². The van der Waals surface area contributed by atoms with E-state index in [1.807, 2.05) is 19.1 Å². The number of hydrogen-bond donors (Lipinski definition) is 1. The zero-order valence-electron chi connectivity index (χ0n) is 12.2. The van der Waals surface area contributed by atoms with Crippen molar-refractivity contribution in [2.24, 2.45) is 0 Å². The molecule has 1 aromatic heterocycles. The van der Waals surface area contributed by atoms with Crippen molar-refractivity contribution < 1.29 is 9.59 Å². The first-order valence-corrected chi connectivity index (χ1v) is 7.97. The molecule has 2 amide bonds. The molecule has 1 aliphatic heterocycles. The lowest BCUT2D eigenvalue weighted by Gasteiger charge is -2.26. The molecule has 3 rings (SSSR count). The van der Waals surface area contributed by atoms with Crippen molar-refractivity contribution in [2.75, 3.05) is 16.8 Å². The Balaban J connectivity index is 1.70. The zero-order valence-corrected chi connectivity index (χ0v) is 13.0. The van der Waals surface area contributed by atoms with E-state index in [0.717, 1.165) is 30.1 Å². The van der Waals surface area contributed by atoms with E-state index in [-0.39, 0.29) is 11.8 Å². The van der Waals surface area contributed by atoms with Crippen LogP contribution in [0.15, 0.2) is 24.3 Å². The number of rotatable bonds is 3. The van der Waals surface area contributed by atoms with Gasteiger partial charge < -0.3 is 4.90 Å². The predicted molar refractivity (Wildman–Crippen MR) is 85.2 cm³/mol. The minimum absolute atomic E-state index is 0.146. The van der Waals surface area contributed by atoms with Crippen LogP contribution in [-0.4, -0.2) is 28.6 Å². The van der Waals surface area contributed by atoms with E-state index in [9.17, 15) is 9.59 Å². The Labute approximate surface area is 132 Å². The smallest absolute Gasteiger partial charge is 0.257 e. The highest BCUT2D eigenvalue weighted by Gasteiger charge is 2.19. The van der Waals surface area contributed by atoms with Crippen LogP contribution >= 0.6 is 11.3 Å². The second-order valence-corrected chi connectivity index (χ2v) is 6.31. The third-order valence-electron chi connectivity index (χ3n) is 3.51. The lowest BCUT2D eigenvalue weighted by atomic mass is 10.1. The molecule has 0 atom stereocenters. The predicted octanol–water partition coefficient (Wildman–Crippen LogP) is 2.62. The Morgan fingerprint density at radius 1 is 1.23 bits per heavy atom. The maximum Gasteiger partial charge on any atom is 0.257 e. The molecule has 2 heterocycles. The van der Waals surface area contributed by atoms with Crippen LogP contribution in [0.5, 0.6) is 0 Å². The first-order valence-electron chi connectivity index (χ1n) is 7.15. The summed E-state index contributed by atoms with van der Waals surface area (Å²) in [7, 11) is 0. The number of anilines is 2. The van der Waals surface area contributed by atoms with Gasteiger partial charge in [-0.2, -0.15) is 0 Å². The standard InChI is InChI=1S/C15H16N4O2S/c1-10-17-18-15(22-10)16-14(21)11-5-7-12(8-6-11)19-9-3-2-4-13(19)20/h5-8H,2-4,9H2,1H3,(H,16,18,21). The number of carbonyl (C=O) groups excluding carboxylic acids is 2. The van der Waals surface area contributed by atoms with Gasteiger partial charge in [-0.25, -0.2) is 0 Å². The summed E-state index contributed by atoms with van der Waals surface area (Å²) in [5.74, 6) is -0.0829. The molecule has 2 aromatic rings. The summed E-state index contributed by atoms with van der Waals surface area (Å²) in [6, 6.07) is 7.06. The summed E-state index contributed by atoms with van der Waals surface area (Å²) in [6.45, 7) is 2.58. The highest BCUT2D eigenvalue weighted by molar-refractivity contribution is 7.15. The average Bonchev–Trinajstić information content (AvgIpc) is 2.93. The van der Waals surface area contributed by atoms with E-state index in [1.165, 1.54) is 11.3 Å². The molecule has 1 aliphatic rings. The Hall–Kier alpha value is -2.28. The number of nitrogens with one attached hydrogen (secondary N) is 1. The van der Waals surface area contributed by atoms with Crippen molar-refractivity contribution in [3.05, 3.63) is 34.8 Å². The highest BCUT2D eigenvalue weighted by Crippen LogP contribution is 2.22. The second-order valence-electron chi connectivity index (χ2n) is 5.13. The highest BCUT2D eigenvalue weighted by atomic mass is 32.1. The van der Waals surface area contributed by atoms with Gasteiger partial charge in [-0.05, 0) is 44.0 Å². The van der Waals surface area contributed by atoms with E-state index in [4.69, 9.17) is 0 Å². The van der Waals surface area contributed by atoms with Crippen molar-refractivity contribution >= 4 is 34.0 Å². The minimum atomic E-state index is -0.229. The minimum Gasteiger partial charge on any atom is -0.312 e. The molecule has 0 radical (unpaired) electrons. The number of carbonyl (C=O) groups is 2. The fourth-order valence-corrected chi connectivity index (χ4v) is 2.97. The van der Waals surface area contributed by atoms with Crippen molar-refractivity contribution in [2.45, 2.75) is 26.2 Å². The molecule has 6 nitrogen and oxygen atoms in total. The number of benzene rings is 1. The maximum absolute atomic E-state index is 12.1. The molecular weight excluding hydrogens is 300 g/mol. The third kappa shape index (κ3) is 3.14. The monoisotopic (exact) mass is 316 g/mol. The molecule has 0 spiro atoms. The van der Waals surface area contributed by atoms with Gasteiger partial charge in [0, 0.05) is 24.2 Å². The molecule has 0 saturated carbocycles. The van der Waals surface area contributed by atoms with Gasteiger partial charge in [0.25, 0.3) is 5.91 Å². The number of nitrogens with zero attached hydrogens (tertiary/aromatic N) is 3. The van der Waals surface area contributed by atoms with Crippen molar-refractivity contribution in [1.82, 2.24) is 10.2 Å². The fraction of sp³-hybridized carbons (Fsp3) is 0.333. The van der Waals surface area contributed by atoms with Gasteiger partial charge in [0.15, 0.2) is 0 Å². The molecule has 0 bridgehead atoms. The van der Waals surface area contributed by atoms with Crippen LogP contribution in [0.3, 0.4) is 0 Å². The van der Waals surface area contributed by atoms with Crippen molar-refractivity contribution in [1.29, 1.82) is 0 Å². The lowest BCUT2D eigenvalue weighted by Crippen LogP contribution is -2.35. The maximum atomic E-state index is 12.1. The normalized spacial score (nSPS) is 15.0. The summed E-state index contributed by atoms with van der Waals surface area (Å²) in [5, 5.41) is 11.7. The molecule has 1 N–H and O–H groups in total. The average molecular weight is 316 g/mol. The number of aryl methyl sites for hydroxylation is 1. The van der Waals surface area contributed by atoms with Gasteiger partial charge in [-0.15, -0.1) is 10.2 Å². The summed E-state index contributed by atoms with van der Waals surface area (Å²) in [5.41, 5.74) is 1.37. The van der Waals surface area contributed by atoms with Gasteiger partial charge in [0.05, 0.1) is 0 Å². The van der Waals surface area contributed by atoms with Crippen LogP contribution in [0, 0.1) is 6.92 Å². The van der Waals surface area contributed by atoms with E-state index in [1.54, 1.807) is 17.0 Å². The van der Waals surface area contributed by atoms with E-state index in [0.29, 0.717) is 17.1 Å². The third-order valence-corrected chi connectivity index (χ3v) is 4.27. The van der Waals surface area contributed by atoms with Gasteiger partial charge in [0.1, 0.15) is 5.01 Å². The first kappa shape index (κ1) is 14.6. The van der Waals surface area contributed by atoms with Crippen LogP contribution in [0.1, 0.15) is 34.6 Å². The van der Waals surface area contributed by atoms with Crippen LogP contribution in [0.25, 0.3) is 0 Å². The van der Waals surface area contributed by atoms with Crippen LogP contribution < -0.4 is 10.2 Å². The quantitative estimate of drug-likeness (QED) is 0.944. The summed E-state index contributed by atoms with van der Waals surface area (Å²) in [6.07, 6.45) is 2.57. The topological polar surface area (TPSA) is 75.2 Å². The fourth-order valence-electron chi connectivity index (χ4n) is 2.39. The molecular formula is C15H16N4O2S. The van der Waals surface area contributed by atoms with Crippen LogP contribution in [-0.2, 0) is 4.79 Å². The molecule has 0 unspecified atom stereocenters. The first-order chi connectivity index (χ1) is 10.6. The molecule has 114 valence electrons. The van der Waals surface area contributed by atoms with Gasteiger partial charge in [0.2, 0.25) is 11.0 Å². The van der Waals surface area contributed by atoms with Gasteiger partial charge in [-0.1, -0.05) is 11.3 Å². The molecule has 7 heteroatoms. The van der Waals surface area contributed by atoms with Crippen molar-refractivity contribution in [3.63, 3.8) is 0 Å². The SMILES string of the molecule is Cc1nnc(NC(=O)c2ccc(N3CCCCC3=O)cc2)s1. The zero-order chi connectivity index (χ0) is 15.5. The molecule has 0 aliphatic carbocycles. The Morgan fingerprint density at radius 3 is 2.64 bits per heavy atom. The summed E-state index contributed by atoms with van der Waals surface area (Å²) < 4.78 is 0. The molecule has 1 aromatic carbocycles. The Bertz CT molecular complexity index is 696. The van der Waals surface area contributed by atoms with E-state index in [2.05, 4.69) is 15.5 Å². The van der Waals surface area contributed by atoms with Crippen LogP contribution in [0.4, 0.5) is 10.8 Å². The van der Waals surface area contributed by atoms with Crippen molar-refractivity contribution in [3.8, 4) is 0 Å². The number of hydrogen-bond acceptors (Lipinski definition) is 5. The van der Waals surface area contributed by atoms with Gasteiger partial charge in [-0.3, -0.25) is 14.9 Å². The lowest BCUT2D eigenvalue weighted by molar-refractivity contribution is -0.119. The Morgan fingerprint density at radius 2 is 2.00 bits per heavy atom. The number of amides is 2. The summed E-state index contributed by atoms with van der Waals surface area (Å²) >= 11 is 1.33. The molecule has 22 heavy (non-hydrogen) atoms. The largest absolute Gasteiger partial charge is 0.312 e. The molecule has 1 saturated heterocycles. The molecule has 1 fully saturated rings. The number of aromatic nitrogens is 2. The van der Waals surface area contributed by atoms with Crippen LogP contribution in [0.2, 0.25) is 0 Å². The van der Waals surface area contributed by atoms with Gasteiger partial charge >= 0.3 is 0 Å². The summed E-state index contributed by atoms with van der Waals surface area (Å²) in [4.78, 5) is 25.8.